The maximum absolute atomic E-state index is 11.5. The lowest BCUT2D eigenvalue weighted by Gasteiger charge is -2.29. The van der Waals surface area contributed by atoms with Gasteiger partial charge in [0.1, 0.15) is 17.6 Å². The fourth-order valence-electron chi connectivity index (χ4n) is 2.88. The molecule has 1 atom stereocenters. The predicted molar refractivity (Wildman–Crippen MR) is 103 cm³/mol. The molecule has 0 saturated carbocycles. The summed E-state index contributed by atoms with van der Waals surface area (Å²) in [4.78, 5) is 0. The number of benzene rings is 2. The van der Waals surface area contributed by atoms with Crippen molar-refractivity contribution in [1.29, 1.82) is 0 Å². The van der Waals surface area contributed by atoms with Crippen molar-refractivity contribution in [2.24, 2.45) is 0 Å². The highest BCUT2D eigenvalue weighted by Gasteiger charge is 2.27. The number of sulfonamides is 1. The average molecular weight is 424 g/mol. The van der Waals surface area contributed by atoms with E-state index in [9.17, 15) is 8.42 Å². The SMILES string of the molecule is COc1cccc2c1-c1ccc(NS(C)(=O)=O)cc1C(/C=C(/C)Br)O2. The van der Waals surface area contributed by atoms with Crippen LogP contribution in [-0.4, -0.2) is 21.8 Å². The normalized spacial score (nSPS) is 16.5. The molecule has 132 valence electrons. The minimum absolute atomic E-state index is 0.338. The molecular weight excluding hydrogens is 406 g/mol. The maximum Gasteiger partial charge on any atom is 0.229 e. The molecule has 1 aliphatic heterocycles. The number of ether oxygens (including phenoxy) is 2. The lowest BCUT2D eigenvalue weighted by Crippen LogP contribution is -2.15. The van der Waals surface area contributed by atoms with Gasteiger partial charge in [0.25, 0.3) is 0 Å². The molecule has 0 aromatic heterocycles. The fourth-order valence-corrected chi connectivity index (χ4v) is 3.68. The standard InChI is InChI=1S/C18H18BrNO4S/c1-11(19)9-17-14-10-12(20-25(3,21)22)7-8-13(14)18-15(23-2)5-4-6-16(18)24-17/h4-10,17,20H,1-3H3/b11-9-. The van der Waals surface area contributed by atoms with Gasteiger partial charge in [0.05, 0.1) is 18.9 Å². The van der Waals surface area contributed by atoms with Gasteiger partial charge in [-0.25, -0.2) is 8.42 Å². The Morgan fingerprint density at radius 2 is 2.08 bits per heavy atom. The van der Waals surface area contributed by atoms with E-state index in [0.717, 1.165) is 33.2 Å². The molecule has 0 fully saturated rings. The molecule has 2 aromatic carbocycles. The van der Waals surface area contributed by atoms with Crippen molar-refractivity contribution in [1.82, 2.24) is 0 Å². The molecule has 1 heterocycles. The minimum atomic E-state index is -3.36. The zero-order chi connectivity index (χ0) is 18.2. The van der Waals surface area contributed by atoms with Gasteiger partial charge in [-0.05, 0) is 47.3 Å². The van der Waals surface area contributed by atoms with Crippen LogP contribution in [0.1, 0.15) is 18.6 Å². The predicted octanol–water partition coefficient (Wildman–Crippen LogP) is 4.47. The molecule has 7 heteroatoms. The largest absolute Gasteiger partial charge is 0.496 e. The molecular formula is C18H18BrNO4S. The number of fused-ring (bicyclic) bond motifs is 3. The van der Waals surface area contributed by atoms with E-state index in [1.807, 2.05) is 37.3 Å². The smallest absolute Gasteiger partial charge is 0.229 e. The van der Waals surface area contributed by atoms with Gasteiger partial charge in [0.2, 0.25) is 10.0 Å². The number of methoxy groups -OCH3 is 1. The second-order valence-corrected chi connectivity index (χ2v) is 8.80. The van der Waals surface area contributed by atoms with Crippen LogP contribution in [0.15, 0.2) is 47.0 Å². The van der Waals surface area contributed by atoms with Crippen LogP contribution < -0.4 is 14.2 Å². The first-order valence-electron chi connectivity index (χ1n) is 7.58. The monoisotopic (exact) mass is 423 g/mol. The summed E-state index contributed by atoms with van der Waals surface area (Å²) >= 11 is 3.44. The zero-order valence-electron chi connectivity index (χ0n) is 14.0. The van der Waals surface area contributed by atoms with E-state index >= 15 is 0 Å². The third-order valence-corrected chi connectivity index (χ3v) is 4.64. The second kappa shape index (κ2) is 6.72. The number of rotatable bonds is 4. The van der Waals surface area contributed by atoms with Gasteiger partial charge in [0.15, 0.2) is 0 Å². The number of halogens is 1. The van der Waals surface area contributed by atoms with Gasteiger partial charge in [-0.3, -0.25) is 4.72 Å². The van der Waals surface area contributed by atoms with Gasteiger partial charge >= 0.3 is 0 Å². The molecule has 0 radical (unpaired) electrons. The minimum Gasteiger partial charge on any atom is -0.496 e. The fraction of sp³-hybridized carbons (Fsp3) is 0.222. The maximum atomic E-state index is 11.5. The summed E-state index contributed by atoms with van der Waals surface area (Å²) in [5.41, 5.74) is 3.17. The second-order valence-electron chi connectivity index (χ2n) is 5.80. The Hall–Kier alpha value is -1.99. The topological polar surface area (TPSA) is 64.6 Å². The van der Waals surface area contributed by atoms with Crippen molar-refractivity contribution in [3.63, 3.8) is 0 Å². The number of nitrogens with one attached hydrogen (secondary N) is 1. The summed E-state index contributed by atoms with van der Waals surface area (Å²) in [7, 11) is -1.74. The quantitative estimate of drug-likeness (QED) is 0.787. The molecule has 25 heavy (non-hydrogen) atoms. The summed E-state index contributed by atoms with van der Waals surface area (Å²) in [5.74, 6) is 1.44. The molecule has 0 aliphatic carbocycles. The van der Waals surface area contributed by atoms with Crippen molar-refractivity contribution >= 4 is 31.6 Å². The summed E-state index contributed by atoms with van der Waals surface area (Å²) < 4.78 is 38.1. The van der Waals surface area contributed by atoms with Crippen molar-refractivity contribution in [3.05, 3.63) is 52.5 Å². The van der Waals surface area contributed by atoms with Crippen LogP contribution in [0, 0.1) is 0 Å². The Labute approximate surface area is 155 Å². The van der Waals surface area contributed by atoms with E-state index < -0.39 is 10.0 Å². The number of anilines is 1. The molecule has 3 rings (SSSR count). The lowest BCUT2D eigenvalue weighted by atomic mass is 9.91. The highest BCUT2D eigenvalue weighted by atomic mass is 79.9. The Morgan fingerprint density at radius 3 is 2.72 bits per heavy atom. The van der Waals surface area contributed by atoms with Gasteiger partial charge in [-0.2, -0.15) is 0 Å². The summed E-state index contributed by atoms with van der Waals surface area (Å²) in [5, 5.41) is 0. The average Bonchev–Trinajstić information content (AvgIpc) is 2.52. The summed E-state index contributed by atoms with van der Waals surface area (Å²) in [6, 6.07) is 11.1. The van der Waals surface area contributed by atoms with E-state index in [0.29, 0.717) is 11.4 Å². The molecule has 5 nitrogen and oxygen atoms in total. The highest BCUT2D eigenvalue weighted by molar-refractivity contribution is 9.11. The van der Waals surface area contributed by atoms with Crippen LogP contribution in [0.2, 0.25) is 0 Å². The first-order valence-corrected chi connectivity index (χ1v) is 10.3. The van der Waals surface area contributed by atoms with Crippen LogP contribution in [0.5, 0.6) is 11.5 Å². The van der Waals surface area contributed by atoms with Gasteiger partial charge in [-0.15, -0.1) is 0 Å². The van der Waals surface area contributed by atoms with Crippen LogP contribution in [0.4, 0.5) is 5.69 Å². The van der Waals surface area contributed by atoms with E-state index in [4.69, 9.17) is 9.47 Å². The number of hydrogen-bond donors (Lipinski definition) is 1. The Bertz CT molecular complexity index is 950. The van der Waals surface area contributed by atoms with Gasteiger partial charge in [0, 0.05) is 11.3 Å². The van der Waals surface area contributed by atoms with Crippen LogP contribution in [0.3, 0.4) is 0 Å². The van der Waals surface area contributed by atoms with E-state index in [1.54, 1.807) is 19.2 Å². The van der Waals surface area contributed by atoms with Crippen LogP contribution >= 0.6 is 15.9 Å². The molecule has 0 amide bonds. The van der Waals surface area contributed by atoms with Crippen molar-refractivity contribution in [3.8, 4) is 22.6 Å². The first kappa shape index (κ1) is 17.8. The van der Waals surface area contributed by atoms with E-state index in [1.165, 1.54) is 0 Å². The highest BCUT2D eigenvalue weighted by Crippen LogP contribution is 2.48. The molecule has 2 aromatic rings. The Morgan fingerprint density at radius 1 is 1.32 bits per heavy atom. The van der Waals surface area contributed by atoms with Crippen LogP contribution in [0.25, 0.3) is 11.1 Å². The molecule has 1 N–H and O–H groups in total. The third kappa shape index (κ3) is 3.82. The Balaban J connectivity index is 2.21. The summed E-state index contributed by atoms with van der Waals surface area (Å²) in [6.45, 7) is 1.92. The molecule has 0 spiro atoms. The molecule has 0 bridgehead atoms. The Kier molecular flexibility index (Phi) is 4.79. The van der Waals surface area contributed by atoms with Gasteiger partial charge < -0.3 is 9.47 Å². The van der Waals surface area contributed by atoms with Crippen molar-refractivity contribution < 1.29 is 17.9 Å². The number of allylic oxidation sites excluding steroid dienone is 1. The molecule has 1 aliphatic rings. The summed E-state index contributed by atoms with van der Waals surface area (Å²) in [6.07, 6.45) is 2.72. The van der Waals surface area contributed by atoms with Gasteiger partial charge in [-0.1, -0.05) is 28.1 Å². The van der Waals surface area contributed by atoms with Crippen LogP contribution in [-0.2, 0) is 10.0 Å². The van der Waals surface area contributed by atoms with E-state index in [-0.39, 0.29) is 6.10 Å². The lowest BCUT2D eigenvalue weighted by molar-refractivity contribution is 0.250. The first-order chi connectivity index (χ1) is 11.8. The molecule has 1 unspecified atom stereocenters. The molecule has 0 saturated heterocycles. The van der Waals surface area contributed by atoms with Crippen molar-refractivity contribution in [2.75, 3.05) is 18.1 Å². The third-order valence-electron chi connectivity index (χ3n) is 3.77. The van der Waals surface area contributed by atoms with Crippen molar-refractivity contribution in [2.45, 2.75) is 13.0 Å². The van der Waals surface area contributed by atoms with E-state index in [2.05, 4.69) is 20.7 Å². The zero-order valence-corrected chi connectivity index (χ0v) is 16.4. The number of hydrogen-bond acceptors (Lipinski definition) is 4.